The number of nitrogens with two attached hydrogens (primary N) is 1. The molecule has 5 N–H and O–H groups in total. The third-order valence-electron chi connectivity index (χ3n) is 10.3. The minimum Gasteiger partial charge on any atom is -0.469 e. The molecule has 2 saturated heterocycles. The molecule has 0 aromatic rings. The lowest BCUT2D eigenvalue weighted by atomic mass is 9.59. The highest BCUT2D eigenvalue weighted by molar-refractivity contribution is 5.72. The molecule has 0 radical (unpaired) electrons. The second-order valence-electron chi connectivity index (χ2n) is 14.7. The fourth-order valence-corrected chi connectivity index (χ4v) is 7.93. The summed E-state index contributed by atoms with van der Waals surface area (Å²) >= 11 is 0. The number of aliphatic hydroxyl groups excluding tert-OH is 2. The van der Waals surface area contributed by atoms with Crippen LogP contribution in [0.2, 0.25) is 0 Å². The molecule has 0 spiro atoms. The van der Waals surface area contributed by atoms with Crippen LogP contribution in [0.25, 0.3) is 0 Å². The minimum absolute atomic E-state index is 0.188. The van der Waals surface area contributed by atoms with Gasteiger partial charge in [0.05, 0.1) is 48.6 Å². The maximum atomic E-state index is 13.2. The van der Waals surface area contributed by atoms with E-state index >= 15 is 0 Å². The normalized spacial score (nSPS) is 37.2. The summed E-state index contributed by atoms with van der Waals surface area (Å²) in [7, 11) is 6.75. The number of nitrogens with zero attached hydrogens (tertiary/aromatic N) is 1. The summed E-state index contributed by atoms with van der Waals surface area (Å²) in [5.74, 6) is -1.97. The molecule has 0 amide bonds. The van der Waals surface area contributed by atoms with Crippen molar-refractivity contribution in [2.24, 2.45) is 28.9 Å². The van der Waals surface area contributed by atoms with E-state index in [4.69, 9.17) is 29.4 Å². The van der Waals surface area contributed by atoms with Gasteiger partial charge in [-0.05, 0) is 78.8 Å². The number of likely N-dealkylation sites (N-methyl/N-ethyl adjacent to an activating group) is 1. The summed E-state index contributed by atoms with van der Waals surface area (Å²) in [4.78, 5) is 15.2. The van der Waals surface area contributed by atoms with Gasteiger partial charge >= 0.3 is 5.97 Å². The molecular weight excluding hydrogens is 556 g/mol. The van der Waals surface area contributed by atoms with Crippen molar-refractivity contribution in [1.82, 2.24) is 4.90 Å². The summed E-state index contributed by atoms with van der Waals surface area (Å²) in [5.41, 5.74) is 3.18. The highest BCUT2D eigenvalue weighted by Gasteiger charge is 2.56. The number of ether oxygens (including phenoxy) is 5. The van der Waals surface area contributed by atoms with Gasteiger partial charge in [-0.15, -0.1) is 0 Å². The van der Waals surface area contributed by atoms with Crippen LogP contribution in [0.3, 0.4) is 0 Å². The van der Waals surface area contributed by atoms with Gasteiger partial charge in [0.2, 0.25) is 0 Å². The number of esters is 1. The van der Waals surface area contributed by atoms with Crippen molar-refractivity contribution in [3.05, 3.63) is 0 Å². The Kier molecular flexibility index (Phi) is 13.1. The first-order valence-electron chi connectivity index (χ1n) is 15.7. The van der Waals surface area contributed by atoms with E-state index in [9.17, 15) is 20.1 Å². The van der Waals surface area contributed by atoms with Gasteiger partial charge in [-0.2, -0.15) is 0 Å². The Hall–Kier alpha value is -0.890. The number of aliphatic hydroxyl groups is 3. The predicted octanol–water partition coefficient (Wildman–Crippen LogP) is 2.32. The highest BCUT2D eigenvalue weighted by atomic mass is 16.7. The number of methoxy groups -OCH3 is 2. The third-order valence-corrected chi connectivity index (χ3v) is 10.3. The lowest BCUT2D eigenvalue weighted by Crippen LogP contribution is -2.62. The predicted molar refractivity (Wildman–Crippen MR) is 164 cm³/mol. The SMILES string of the molecule is COC(=O)[C@H](C)[C@H]([C@H](C)[C@@H](O[C@@H]1O[C@H](C)C[C@H](N(C)C)[C@H]1O)[C@](C)(O)C[C@@H](C)N)C(C)(C)[C@H]1C[C@@](C)(OC)[C@@H](O)[C@H](C)O1. The van der Waals surface area contributed by atoms with Gasteiger partial charge in [0.25, 0.3) is 0 Å². The Bertz CT molecular complexity index is 900. The van der Waals surface area contributed by atoms with Gasteiger partial charge in [0, 0.05) is 25.6 Å². The Morgan fingerprint density at radius 2 is 1.70 bits per heavy atom. The Morgan fingerprint density at radius 1 is 1.12 bits per heavy atom. The van der Waals surface area contributed by atoms with E-state index in [-0.39, 0.29) is 24.6 Å². The van der Waals surface area contributed by atoms with Crippen LogP contribution in [0, 0.1) is 23.2 Å². The molecule has 11 nitrogen and oxygen atoms in total. The second kappa shape index (κ2) is 14.7. The van der Waals surface area contributed by atoms with Crippen LogP contribution in [0.5, 0.6) is 0 Å². The lowest BCUT2D eigenvalue weighted by Gasteiger charge is -2.54. The first kappa shape index (κ1) is 38.3. The largest absolute Gasteiger partial charge is 0.469 e. The Morgan fingerprint density at radius 3 is 2.19 bits per heavy atom. The first-order valence-corrected chi connectivity index (χ1v) is 15.7. The second-order valence-corrected chi connectivity index (χ2v) is 14.7. The number of carbonyl (C=O) groups is 1. The first-order chi connectivity index (χ1) is 19.6. The fraction of sp³-hybridized carbons (Fsp3) is 0.969. The summed E-state index contributed by atoms with van der Waals surface area (Å²) in [6.45, 7) is 17.0. The zero-order chi connectivity index (χ0) is 33.2. The van der Waals surface area contributed by atoms with Crippen molar-refractivity contribution in [2.45, 2.75) is 148 Å². The highest BCUT2D eigenvalue weighted by Crippen LogP contribution is 2.50. The standard InChI is InChI=1S/C32H62N2O9/c1-17(33)15-31(8,38)27(43-29-25(35)22(34(10)11)14-18(2)41-29)19(3)24(20(4)28(37)39-12)30(6,7)23-16-32(9,40-13)26(36)21(5)42-23/h17-27,29,35-36,38H,14-16,33H2,1-13H3/t17-,18-,19+,20-,21+,22+,23-,24+,25-,26+,27-,29+,31-,32-/m1/s1. The zero-order valence-corrected chi connectivity index (χ0v) is 28.9. The average molecular weight is 619 g/mol. The molecule has 2 aliphatic heterocycles. The van der Waals surface area contributed by atoms with Gasteiger partial charge < -0.3 is 49.6 Å². The Balaban J connectivity index is 2.64. The van der Waals surface area contributed by atoms with Gasteiger partial charge in [-0.1, -0.05) is 27.7 Å². The maximum absolute atomic E-state index is 13.2. The van der Waals surface area contributed by atoms with E-state index in [2.05, 4.69) is 0 Å². The summed E-state index contributed by atoms with van der Waals surface area (Å²) in [5, 5.41) is 34.3. The number of carbonyl (C=O) groups excluding carboxylic acids is 1. The maximum Gasteiger partial charge on any atom is 0.308 e. The van der Waals surface area contributed by atoms with E-state index in [1.54, 1.807) is 14.0 Å². The van der Waals surface area contributed by atoms with Crippen LogP contribution in [-0.4, -0.2) is 121 Å². The molecule has 0 aromatic carbocycles. The zero-order valence-electron chi connectivity index (χ0n) is 28.9. The number of hydrogen-bond acceptors (Lipinski definition) is 11. The van der Waals surface area contributed by atoms with Crippen molar-refractivity contribution in [3.8, 4) is 0 Å². The lowest BCUT2D eigenvalue weighted by molar-refractivity contribution is -0.301. The molecule has 0 saturated carbocycles. The molecular formula is C32H62N2O9. The average Bonchev–Trinajstić information content (AvgIpc) is 2.89. The van der Waals surface area contributed by atoms with Gasteiger partial charge in [-0.3, -0.25) is 4.79 Å². The van der Waals surface area contributed by atoms with Crippen LogP contribution >= 0.6 is 0 Å². The van der Waals surface area contributed by atoms with E-state index < -0.39 is 77.1 Å². The van der Waals surface area contributed by atoms with Crippen LogP contribution < -0.4 is 5.73 Å². The van der Waals surface area contributed by atoms with E-state index in [1.165, 1.54) is 7.11 Å². The van der Waals surface area contributed by atoms with E-state index in [0.717, 1.165) is 0 Å². The monoisotopic (exact) mass is 618 g/mol. The molecule has 14 atom stereocenters. The molecule has 43 heavy (non-hydrogen) atoms. The van der Waals surface area contributed by atoms with Crippen LogP contribution in [0.15, 0.2) is 0 Å². The summed E-state index contributed by atoms with van der Waals surface area (Å²) in [6, 6.07) is -0.561. The summed E-state index contributed by atoms with van der Waals surface area (Å²) in [6.07, 6.45) is -3.63. The van der Waals surface area contributed by atoms with Crippen LogP contribution in [0.1, 0.15) is 81.6 Å². The van der Waals surface area contributed by atoms with Crippen LogP contribution in [-0.2, 0) is 28.5 Å². The van der Waals surface area contributed by atoms with Crippen molar-refractivity contribution < 1.29 is 43.8 Å². The Labute approximate surface area is 259 Å². The third kappa shape index (κ3) is 8.48. The molecule has 0 aliphatic carbocycles. The molecule has 0 bridgehead atoms. The molecule has 2 heterocycles. The number of hydrogen-bond donors (Lipinski definition) is 4. The fourth-order valence-electron chi connectivity index (χ4n) is 7.93. The summed E-state index contributed by atoms with van der Waals surface area (Å²) < 4.78 is 30.3. The van der Waals surface area contributed by atoms with E-state index in [1.807, 2.05) is 74.4 Å². The molecule has 2 rings (SSSR count). The van der Waals surface area contributed by atoms with Crippen LogP contribution in [0.4, 0.5) is 0 Å². The van der Waals surface area contributed by atoms with Crippen molar-refractivity contribution >= 4 is 5.97 Å². The van der Waals surface area contributed by atoms with Crippen molar-refractivity contribution in [2.75, 3.05) is 28.3 Å². The molecule has 11 heteroatoms. The smallest absolute Gasteiger partial charge is 0.308 e. The quantitative estimate of drug-likeness (QED) is 0.225. The molecule has 0 aromatic heterocycles. The topological polar surface area (TPSA) is 153 Å². The molecule has 2 aliphatic rings. The molecule has 2 fully saturated rings. The minimum atomic E-state index is -1.45. The number of rotatable bonds is 13. The van der Waals surface area contributed by atoms with Crippen molar-refractivity contribution in [1.29, 1.82) is 0 Å². The van der Waals surface area contributed by atoms with Crippen molar-refractivity contribution in [3.63, 3.8) is 0 Å². The van der Waals surface area contributed by atoms with E-state index in [0.29, 0.717) is 12.8 Å². The van der Waals surface area contributed by atoms with Gasteiger partial charge in [0.15, 0.2) is 6.29 Å². The molecule has 0 unspecified atom stereocenters. The van der Waals surface area contributed by atoms with Gasteiger partial charge in [-0.25, -0.2) is 0 Å². The van der Waals surface area contributed by atoms with Gasteiger partial charge in [0.1, 0.15) is 12.2 Å². The molecule has 254 valence electrons.